The number of rotatable bonds is 3. The van der Waals surface area contributed by atoms with E-state index in [1.54, 1.807) is 6.07 Å². The standard InChI is InChI=1S/C15H20BBrO4/c1-14(2)15(3,4)21-16(20-14)9-10-8-11(17)6-7-12(10)13(18)19-5/h6-8H,9H2,1-5H3. The molecule has 0 aromatic heterocycles. The molecule has 1 heterocycles. The summed E-state index contributed by atoms with van der Waals surface area (Å²) in [6.07, 6.45) is 0.497. The Morgan fingerprint density at radius 1 is 1.24 bits per heavy atom. The van der Waals surface area contributed by atoms with Crippen LogP contribution in [0.4, 0.5) is 0 Å². The third-order valence-corrected chi connectivity index (χ3v) is 4.65. The summed E-state index contributed by atoms with van der Waals surface area (Å²) in [6, 6.07) is 5.47. The average molecular weight is 355 g/mol. The Bertz CT molecular complexity index is 541. The lowest BCUT2D eigenvalue weighted by atomic mass is 9.79. The van der Waals surface area contributed by atoms with Crippen LogP contribution >= 0.6 is 15.9 Å². The van der Waals surface area contributed by atoms with Crippen molar-refractivity contribution in [2.24, 2.45) is 0 Å². The van der Waals surface area contributed by atoms with Crippen molar-refractivity contribution in [3.8, 4) is 0 Å². The third kappa shape index (κ3) is 3.33. The van der Waals surface area contributed by atoms with Gasteiger partial charge in [-0.25, -0.2) is 4.79 Å². The van der Waals surface area contributed by atoms with Crippen molar-refractivity contribution >= 4 is 29.0 Å². The number of carbonyl (C=O) groups excluding carboxylic acids is 1. The van der Waals surface area contributed by atoms with E-state index in [9.17, 15) is 4.79 Å². The van der Waals surface area contributed by atoms with Gasteiger partial charge >= 0.3 is 13.1 Å². The Morgan fingerprint density at radius 3 is 2.33 bits per heavy atom. The number of carbonyl (C=O) groups is 1. The molecule has 1 aromatic carbocycles. The van der Waals surface area contributed by atoms with Crippen LogP contribution in [0.5, 0.6) is 0 Å². The molecule has 0 radical (unpaired) electrons. The van der Waals surface area contributed by atoms with Gasteiger partial charge in [0.1, 0.15) is 0 Å². The number of esters is 1. The smallest absolute Gasteiger partial charge is 0.462 e. The summed E-state index contributed by atoms with van der Waals surface area (Å²) < 4.78 is 17.7. The van der Waals surface area contributed by atoms with E-state index in [0.717, 1.165) is 10.0 Å². The van der Waals surface area contributed by atoms with Crippen LogP contribution in [-0.2, 0) is 20.4 Å². The molecule has 1 fully saturated rings. The van der Waals surface area contributed by atoms with Crippen molar-refractivity contribution in [3.05, 3.63) is 33.8 Å². The van der Waals surface area contributed by atoms with Gasteiger partial charge in [-0.3, -0.25) is 0 Å². The molecule has 1 saturated heterocycles. The molecule has 21 heavy (non-hydrogen) atoms. The second-order valence-corrected chi connectivity index (χ2v) is 7.10. The molecule has 0 N–H and O–H groups in total. The molecule has 1 aliphatic heterocycles. The first-order valence-corrected chi connectivity index (χ1v) is 7.68. The molecule has 0 aliphatic carbocycles. The highest BCUT2D eigenvalue weighted by Crippen LogP contribution is 2.37. The van der Waals surface area contributed by atoms with Crippen LogP contribution in [0.3, 0.4) is 0 Å². The van der Waals surface area contributed by atoms with Gasteiger partial charge in [0.25, 0.3) is 0 Å². The maximum Gasteiger partial charge on any atom is 0.462 e. The van der Waals surface area contributed by atoms with Crippen molar-refractivity contribution in [1.29, 1.82) is 0 Å². The highest BCUT2D eigenvalue weighted by Gasteiger charge is 2.51. The van der Waals surface area contributed by atoms with Gasteiger partial charge in [-0.2, -0.15) is 0 Å². The van der Waals surface area contributed by atoms with Gasteiger partial charge in [-0.15, -0.1) is 0 Å². The van der Waals surface area contributed by atoms with E-state index in [4.69, 9.17) is 14.0 Å². The van der Waals surface area contributed by atoms with Crippen LogP contribution in [0.1, 0.15) is 43.6 Å². The Labute approximate surface area is 134 Å². The molecule has 114 valence electrons. The predicted octanol–water partition coefficient (Wildman–Crippen LogP) is 3.41. The van der Waals surface area contributed by atoms with E-state index in [2.05, 4.69) is 15.9 Å². The van der Waals surface area contributed by atoms with Crippen molar-refractivity contribution in [2.75, 3.05) is 7.11 Å². The number of hydrogen-bond donors (Lipinski definition) is 0. The zero-order chi connectivity index (χ0) is 15.8. The highest BCUT2D eigenvalue weighted by molar-refractivity contribution is 9.10. The van der Waals surface area contributed by atoms with E-state index in [1.165, 1.54) is 7.11 Å². The monoisotopic (exact) mass is 354 g/mol. The van der Waals surface area contributed by atoms with Crippen LogP contribution in [-0.4, -0.2) is 31.4 Å². The van der Waals surface area contributed by atoms with E-state index in [1.807, 2.05) is 39.8 Å². The van der Waals surface area contributed by atoms with Gasteiger partial charge in [0.05, 0.1) is 23.9 Å². The van der Waals surface area contributed by atoms with Crippen LogP contribution in [0.25, 0.3) is 0 Å². The number of hydrogen-bond acceptors (Lipinski definition) is 4. The number of methoxy groups -OCH3 is 1. The fourth-order valence-electron chi connectivity index (χ4n) is 2.27. The lowest BCUT2D eigenvalue weighted by Gasteiger charge is -2.32. The van der Waals surface area contributed by atoms with Gasteiger partial charge in [-0.1, -0.05) is 15.9 Å². The molecule has 0 unspecified atom stereocenters. The summed E-state index contributed by atoms with van der Waals surface area (Å²) in [7, 11) is 0.996. The zero-order valence-corrected chi connectivity index (χ0v) is 14.6. The zero-order valence-electron chi connectivity index (χ0n) is 13.0. The minimum Gasteiger partial charge on any atom is -0.465 e. The molecular formula is C15H20BBrO4. The fraction of sp³-hybridized carbons (Fsp3) is 0.533. The minimum atomic E-state index is -0.382. The van der Waals surface area contributed by atoms with Gasteiger partial charge in [0.2, 0.25) is 0 Å². The van der Waals surface area contributed by atoms with Crippen LogP contribution in [0, 0.1) is 0 Å². The van der Waals surface area contributed by atoms with Crippen molar-refractivity contribution < 1.29 is 18.8 Å². The van der Waals surface area contributed by atoms with E-state index >= 15 is 0 Å². The van der Waals surface area contributed by atoms with Gasteiger partial charge in [-0.05, 0) is 51.5 Å². The fourth-order valence-corrected chi connectivity index (χ4v) is 2.68. The van der Waals surface area contributed by atoms with Crippen LogP contribution in [0.2, 0.25) is 0 Å². The van der Waals surface area contributed by atoms with E-state index in [0.29, 0.717) is 11.9 Å². The normalized spacial score (nSPS) is 19.6. The second-order valence-electron chi connectivity index (χ2n) is 6.18. The first kappa shape index (κ1) is 16.5. The summed E-state index contributed by atoms with van der Waals surface area (Å²) in [5.74, 6) is -0.353. The molecule has 0 bridgehead atoms. The number of halogens is 1. The van der Waals surface area contributed by atoms with E-state index < -0.39 is 0 Å². The largest absolute Gasteiger partial charge is 0.465 e. The summed E-state index contributed by atoms with van der Waals surface area (Å²) in [5.41, 5.74) is 0.620. The average Bonchev–Trinajstić information content (AvgIpc) is 2.56. The maximum absolute atomic E-state index is 11.9. The highest BCUT2D eigenvalue weighted by atomic mass is 79.9. The van der Waals surface area contributed by atoms with Crippen molar-refractivity contribution in [2.45, 2.75) is 45.2 Å². The van der Waals surface area contributed by atoms with Crippen molar-refractivity contribution in [3.63, 3.8) is 0 Å². The molecule has 0 spiro atoms. The molecular weight excluding hydrogens is 335 g/mol. The summed E-state index contributed by atoms with van der Waals surface area (Å²) in [5, 5.41) is 0. The number of benzene rings is 1. The molecule has 2 rings (SSSR count). The summed E-state index contributed by atoms with van der Waals surface area (Å²) in [4.78, 5) is 11.9. The van der Waals surface area contributed by atoms with Crippen molar-refractivity contribution in [1.82, 2.24) is 0 Å². The summed E-state index contributed by atoms with van der Waals surface area (Å²) >= 11 is 3.43. The topological polar surface area (TPSA) is 44.8 Å². The molecule has 1 aromatic rings. The Hall–Kier alpha value is -0.845. The third-order valence-electron chi connectivity index (χ3n) is 4.16. The SMILES string of the molecule is COC(=O)c1ccc(Br)cc1CB1OC(C)(C)C(C)(C)O1. The van der Waals surface area contributed by atoms with E-state index in [-0.39, 0.29) is 24.3 Å². The minimum absolute atomic E-state index is 0.353. The molecule has 6 heteroatoms. The Balaban J connectivity index is 2.25. The molecule has 4 nitrogen and oxygen atoms in total. The Morgan fingerprint density at radius 2 is 1.81 bits per heavy atom. The van der Waals surface area contributed by atoms with Crippen LogP contribution in [0.15, 0.2) is 22.7 Å². The lowest BCUT2D eigenvalue weighted by molar-refractivity contribution is 0.00578. The second kappa shape index (κ2) is 5.74. The molecule has 0 amide bonds. The predicted molar refractivity (Wildman–Crippen MR) is 85.3 cm³/mol. The first-order valence-electron chi connectivity index (χ1n) is 6.88. The summed E-state index contributed by atoms with van der Waals surface area (Å²) in [6.45, 7) is 8.04. The quantitative estimate of drug-likeness (QED) is 0.616. The first-order chi connectivity index (χ1) is 9.66. The Kier molecular flexibility index (Phi) is 4.52. The molecule has 0 saturated carbocycles. The van der Waals surface area contributed by atoms with Gasteiger partial charge < -0.3 is 14.0 Å². The van der Waals surface area contributed by atoms with Gasteiger partial charge in [0.15, 0.2) is 0 Å². The molecule has 1 aliphatic rings. The molecule has 0 atom stereocenters. The van der Waals surface area contributed by atoms with Gasteiger partial charge in [0, 0.05) is 10.8 Å². The number of ether oxygens (including phenoxy) is 1. The lowest BCUT2D eigenvalue weighted by Crippen LogP contribution is -2.41. The maximum atomic E-state index is 11.9. The van der Waals surface area contributed by atoms with Crippen LogP contribution < -0.4 is 0 Å².